The summed E-state index contributed by atoms with van der Waals surface area (Å²) in [5, 5.41) is 3.75. The first-order chi connectivity index (χ1) is 9.07. The molecule has 0 aromatic heterocycles. The maximum Gasteiger partial charge on any atom is 0.249 e. The number of benzene rings is 1. The summed E-state index contributed by atoms with van der Waals surface area (Å²) in [6, 6.07) is 7.64. The van der Waals surface area contributed by atoms with Gasteiger partial charge in [-0.05, 0) is 37.5 Å². The Labute approximate surface area is 118 Å². The molecule has 0 saturated heterocycles. The average Bonchev–Trinajstić information content (AvgIpc) is 3.16. The van der Waals surface area contributed by atoms with E-state index in [9.17, 15) is 4.79 Å². The molecule has 3 nitrogen and oxygen atoms in total. The zero-order valence-corrected chi connectivity index (χ0v) is 11.7. The minimum Gasteiger partial charge on any atom is -0.365 e. The predicted octanol–water partition coefficient (Wildman–Crippen LogP) is 3.04. The van der Waals surface area contributed by atoms with Crippen molar-refractivity contribution in [2.24, 2.45) is 0 Å². The lowest BCUT2D eigenvalue weighted by molar-refractivity contribution is -0.132. The second kappa shape index (κ2) is 5.76. The summed E-state index contributed by atoms with van der Waals surface area (Å²) in [5.41, 5.74) is 0.803. The van der Waals surface area contributed by atoms with Crippen LogP contribution in [0.4, 0.5) is 0 Å². The lowest BCUT2D eigenvalue weighted by Gasteiger charge is -2.21. The van der Waals surface area contributed by atoms with Gasteiger partial charge in [-0.15, -0.1) is 6.58 Å². The third-order valence-corrected chi connectivity index (χ3v) is 3.56. The largest absolute Gasteiger partial charge is 0.365 e. The molecule has 2 rings (SSSR count). The third-order valence-electron chi connectivity index (χ3n) is 3.32. The highest BCUT2D eigenvalue weighted by Crippen LogP contribution is 2.46. The molecule has 1 aromatic carbocycles. The smallest absolute Gasteiger partial charge is 0.249 e. The molecule has 1 aromatic rings. The van der Waals surface area contributed by atoms with E-state index in [0.29, 0.717) is 11.6 Å². The fourth-order valence-electron chi connectivity index (χ4n) is 2.02. The van der Waals surface area contributed by atoms with Gasteiger partial charge in [-0.1, -0.05) is 29.8 Å². The minimum atomic E-state index is -0.477. The number of rotatable bonds is 6. The molecule has 1 aliphatic rings. The van der Waals surface area contributed by atoms with E-state index in [4.69, 9.17) is 16.3 Å². The van der Waals surface area contributed by atoms with E-state index in [1.165, 1.54) is 0 Å². The Hall–Kier alpha value is -1.32. The molecule has 1 N–H and O–H groups in total. The number of hydrogen-bond donors (Lipinski definition) is 1. The molecule has 4 heteroatoms. The molecule has 1 atom stereocenters. The molecule has 1 amide bonds. The van der Waals surface area contributed by atoms with Gasteiger partial charge >= 0.3 is 0 Å². The van der Waals surface area contributed by atoms with Crippen LogP contribution >= 0.6 is 11.6 Å². The molecule has 0 spiro atoms. The van der Waals surface area contributed by atoms with E-state index >= 15 is 0 Å². The molecule has 0 radical (unpaired) electrons. The van der Waals surface area contributed by atoms with Crippen molar-refractivity contribution in [3.8, 4) is 0 Å². The van der Waals surface area contributed by atoms with E-state index in [-0.39, 0.29) is 11.4 Å². The highest BCUT2D eigenvalue weighted by molar-refractivity contribution is 6.30. The van der Waals surface area contributed by atoms with Gasteiger partial charge in [0.1, 0.15) is 6.10 Å². The van der Waals surface area contributed by atoms with Crippen LogP contribution in [0, 0.1) is 0 Å². The van der Waals surface area contributed by atoms with Crippen LogP contribution in [0.2, 0.25) is 5.02 Å². The number of amides is 1. The minimum absolute atomic E-state index is 0.0978. The second-order valence-electron chi connectivity index (χ2n) is 4.85. The maximum atomic E-state index is 12.1. The van der Waals surface area contributed by atoms with Gasteiger partial charge in [0.05, 0.1) is 12.1 Å². The Morgan fingerprint density at radius 3 is 2.95 bits per heavy atom. The summed E-state index contributed by atoms with van der Waals surface area (Å²) >= 11 is 6.00. The van der Waals surface area contributed by atoms with Gasteiger partial charge in [0.25, 0.3) is 0 Å². The van der Waals surface area contributed by atoms with Crippen LogP contribution in [0.25, 0.3) is 0 Å². The first kappa shape index (κ1) is 14.1. The summed E-state index contributed by atoms with van der Waals surface area (Å²) in [7, 11) is 0. The van der Waals surface area contributed by atoms with E-state index in [1.807, 2.05) is 24.3 Å². The molecule has 1 saturated carbocycles. The molecule has 102 valence electrons. The highest BCUT2D eigenvalue weighted by atomic mass is 35.5. The fraction of sp³-hybridized carbons (Fsp3) is 0.400. The van der Waals surface area contributed by atoms with Crippen LogP contribution in [0.5, 0.6) is 0 Å². The van der Waals surface area contributed by atoms with Gasteiger partial charge in [0.15, 0.2) is 0 Å². The predicted molar refractivity (Wildman–Crippen MR) is 76.1 cm³/mol. The number of hydrogen-bond acceptors (Lipinski definition) is 2. The lowest BCUT2D eigenvalue weighted by Crippen LogP contribution is -2.41. The molecular weight excluding hydrogens is 262 g/mol. The van der Waals surface area contributed by atoms with Gasteiger partial charge in [-0.2, -0.15) is 0 Å². The Morgan fingerprint density at radius 2 is 2.37 bits per heavy atom. The van der Waals surface area contributed by atoms with Crippen LogP contribution in [-0.4, -0.2) is 18.6 Å². The number of carbonyl (C=O) groups excluding carboxylic acids is 1. The summed E-state index contributed by atoms with van der Waals surface area (Å²) < 4.78 is 5.33. The van der Waals surface area contributed by atoms with Gasteiger partial charge in [-0.3, -0.25) is 4.79 Å². The van der Waals surface area contributed by atoms with Gasteiger partial charge in [0, 0.05) is 5.02 Å². The third kappa shape index (κ3) is 3.37. The Kier molecular flexibility index (Phi) is 4.27. The van der Waals surface area contributed by atoms with E-state index in [2.05, 4.69) is 11.9 Å². The van der Waals surface area contributed by atoms with Crippen LogP contribution < -0.4 is 5.32 Å². The summed E-state index contributed by atoms with van der Waals surface area (Å²) in [4.78, 5) is 12.1. The zero-order valence-electron chi connectivity index (χ0n) is 11.0. The van der Waals surface area contributed by atoms with Gasteiger partial charge < -0.3 is 10.1 Å². The Bertz CT molecular complexity index is 483. The number of ether oxygens (including phenoxy) is 1. The van der Waals surface area contributed by atoms with E-state index in [0.717, 1.165) is 18.4 Å². The van der Waals surface area contributed by atoms with E-state index < -0.39 is 6.10 Å². The second-order valence-corrected chi connectivity index (χ2v) is 5.28. The van der Waals surface area contributed by atoms with Crippen LogP contribution in [0.15, 0.2) is 36.9 Å². The molecule has 0 aliphatic heterocycles. The molecule has 19 heavy (non-hydrogen) atoms. The van der Waals surface area contributed by atoms with Gasteiger partial charge in [-0.25, -0.2) is 0 Å². The summed E-state index contributed by atoms with van der Waals surface area (Å²) in [5.74, 6) is -0.0978. The van der Waals surface area contributed by atoms with Crippen molar-refractivity contribution in [2.75, 3.05) is 6.61 Å². The topological polar surface area (TPSA) is 38.3 Å². The molecule has 1 fully saturated rings. The van der Waals surface area contributed by atoms with Crippen molar-refractivity contribution in [1.29, 1.82) is 0 Å². The summed E-state index contributed by atoms with van der Waals surface area (Å²) in [6.45, 7) is 5.68. The standard InChI is InChI=1S/C15H18ClNO2/c1-3-9-19-11(2)14(18)17-15(7-8-15)12-5-4-6-13(16)10-12/h3-6,10-11H,1,7-9H2,2H3,(H,17,18)/t11-/m0/s1. The summed E-state index contributed by atoms with van der Waals surface area (Å²) in [6.07, 6.45) is 3.03. The fourth-order valence-corrected chi connectivity index (χ4v) is 2.21. The highest BCUT2D eigenvalue weighted by Gasteiger charge is 2.46. The zero-order chi connectivity index (χ0) is 13.9. The molecule has 0 heterocycles. The van der Waals surface area contributed by atoms with Crippen LogP contribution in [0.3, 0.4) is 0 Å². The van der Waals surface area contributed by atoms with Gasteiger partial charge in [0.2, 0.25) is 5.91 Å². The molecule has 0 unspecified atom stereocenters. The monoisotopic (exact) mass is 279 g/mol. The van der Waals surface area contributed by atoms with E-state index in [1.54, 1.807) is 13.0 Å². The van der Waals surface area contributed by atoms with Crippen molar-refractivity contribution in [2.45, 2.75) is 31.4 Å². The average molecular weight is 280 g/mol. The van der Waals surface area contributed by atoms with Crippen molar-refractivity contribution >= 4 is 17.5 Å². The Balaban J connectivity index is 2.02. The van der Waals surface area contributed by atoms with Crippen molar-refractivity contribution < 1.29 is 9.53 Å². The number of carbonyl (C=O) groups is 1. The first-order valence-electron chi connectivity index (χ1n) is 6.38. The number of halogens is 1. The number of nitrogens with one attached hydrogen (secondary N) is 1. The van der Waals surface area contributed by atoms with Crippen molar-refractivity contribution in [3.63, 3.8) is 0 Å². The van der Waals surface area contributed by atoms with Crippen molar-refractivity contribution in [3.05, 3.63) is 47.5 Å². The quantitative estimate of drug-likeness (QED) is 0.813. The first-order valence-corrected chi connectivity index (χ1v) is 6.76. The Morgan fingerprint density at radius 1 is 1.63 bits per heavy atom. The lowest BCUT2D eigenvalue weighted by atomic mass is 10.0. The normalized spacial score (nSPS) is 17.6. The molecule has 0 bridgehead atoms. The van der Waals surface area contributed by atoms with Crippen molar-refractivity contribution in [1.82, 2.24) is 5.32 Å². The van der Waals surface area contributed by atoms with Crippen LogP contribution in [0.1, 0.15) is 25.3 Å². The maximum absolute atomic E-state index is 12.1. The molecule has 1 aliphatic carbocycles. The van der Waals surface area contributed by atoms with Crippen LogP contribution in [-0.2, 0) is 15.1 Å². The SMILES string of the molecule is C=CCO[C@@H](C)C(=O)NC1(c2cccc(Cl)c2)CC1. The molecular formula is C15H18ClNO2.